The van der Waals surface area contributed by atoms with Crippen LogP contribution in [0.5, 0.6) is 5.75 Å². The summed E-state index contributed by atoms with van der Waals surface area (Å²) < 4.78 is 5.33. The maximum Gasteiger partial charge on any atom is 0.409 e. The zero-order chi connectivity index (χ0) is 21.1. The van der Waals surface area contributed by atoms with Crippen molar-refractivity contribution in [1.82, 2.24) is 9.88 Å². The van der Waals surface area contributed by atoms with Crippen molar-refractivity contribution in [3.05, 3.63) is 77.5 Å². The number of hydrogen-bond acceptors (Lipinski definition) is 5. The number of anilines is 3. The first-order valence-electron chi connectivity index (χ1n) is 9.31. The van der Waals surface area contributed by atoms with E-state index in [0.29, 0.717) is 30.3 Å². The second-order valence-corrected chi connectivity index (χ2v) is 6.81. The number of methoxy groups -OCH3 is 1. The highest BCUT2D eigenvalue weighted by molar-refractivity contribution is 5.95. The van der Waals surface area contributed by atoms with Crippen LogP contribution in [0.1, 0.15) is 21.6 Å². The lowest BCUT2D eigenvalue weighted by atomic mass is 10.1. The number of hydrogen-bond donors (Lipinski definition) is 3. The van der Waals surface area contributed by atoms with Crippen LogP contribution in [0.25, 0.3) is 0 Å². The highest BCUT2D eigenvalue weighted by atomic mass is 16.5. The number of fused-ring (bicyclic) bond motifs is 1. The van der Waals surface area contributed by atoms with Crippen LogP contribution in [0.4, 0.5) is 22.0 Å². The van der Waals surface area contributed by atoms with Gasteiger partial charge in [-0.15, -0.1) is 0 Å². The summed E-state index contributed by atoms with van der Waals surface area (Å²) in [6.45, 7) is 0.977. The highest BCUT2D eigenvalue weighted by Crippen LogP contribution is 2.29. The molecule has 8 heteroatoms. The van der Waals surface area contributed by atoms with E-state index in [2.05, 4.69) is 15.6 Å². The largest absolute Gasteiger partial charge is 0.495 e. The SMILES string of the molecule is COc1ccccc1Nc1cc(NC(=O)O)cc(C(=O)N2Cc3ccccc3C2)n1. The molecule has 0 radical (unpaired) electrons. The van der Waals surface area contributed by atoms with E-state index >= 15 is 0 Å². The van der Waals surface area contributed by atoms with Gasteiger partial charge in [0.2, 0.25) is 0 Å². The normalized spacial score (nSPS) is 12.2. The van der Waals surface area contributed by atoms with Crippen LogP contribution in [0.3, 0.4) is 0 Å². The Hall–Kier alpha value is -4.07. The number of carbonyl (C=O) groups excluding carboxylic acids is 1. The van der Waals surface area contributed by atoms with Crippen molar-refractivity contribution in [2.24, 2.45) is 0 Å². The minimum Gasteiger partial charge on any atom is -0.495 e. The zero-order valence-electron chi connectivity index (χ0n) is 16.3. The predicted octanol–water partition coefficient (Wildman–Crippen LogP) is 4.08. The van der Waals surface area contributed by atoms with Gasteiger partial charge in [0.05, 0.1) is 18.5 Å². The van der Waals surface area contributed by atoms with E-state index in [-0.39, 0.29) is 17.3 Å². The van der Waals surface area contributed by atoms with Gasteiger partial charge >= 0.3 is 6.09 Å². The van der Waals surface area contributed by atoms with Gasteiger partial charge in [-0.25, -0.2) is 9.78 Å². The molecule has 152 valence electrons. The van der Waals surface area contributed by atoms with E-state index < -0.39 is 6.09 Å². The summed E-state index contributed by atoms with van der Waals surface area (Å²) in [5, 5.41) is 14.5. The number of nitrogens with zero attached hydrogens (tertiary/aromatic N) is 2. The lowest BCUT2D eigenvalue weighted by Gasteiger charge is -2.17. The lowest BCUT2D eigenvalue weighted by molar-refractivity contribution is 0.0745. The number of amides is 2. The quantitative estimate of drug-likeness (QED) is 0.592. The van der Waals surface area contributed by atoms with Crippen molar-refractivity contribution in [2.45, 2.75) is 13.1 Å². The van der Waals surface area contributed by atoms with Crippen molar-refractivity contribution in [3.63, 3.8) is 0 Å². The maximum absolute atomic E-state index is 13.1. The van der Waals surface area contributed by atoms with Crippen LogP contribution in [-0.2, 0) is 13.1 Å². The summed E-state index contributed by atoms with van der Waals surface area (Å²) in [6, 6.07) is 18.1. The molecule has 0 aliphatic carbocycles. The molecular weight excluding hydrogens is 384 g/mol. The van der Waals surface area contributed by atoms with Gasteiger partial charge in [0.15, 0.2) is 0 Å². The molecule has 0 saturated heterocycles. The maximum atomic E-state index is 13.1. The Morgan fingerprint density at radius 2 is 1.70 bits per heavy atom. The van der Waals surface area contributed by atoms with Gasteiger partial charge in [-0.2, -0.15) is 0 Å². The summed E-state index contributed by atoms with van der Waals surface area (Å²) in [5.74, 6) is 0.646. The smallest absolute Gasteiger partial charge is 0.409 e. The van der Waals surface area contributed by atoms with Crippen molar-refractivity contribution < 1.29 is 19.4 Å². The molecule has 1 aromatic heterocycles. The first kappa shape index (κ1) is 19.3. The molecule has 3 N–H and O–H groups in total. The summed E-state index contributed by atoms with van der Waals surface area (Å²) >= 11 is 0. The van der Waals surface area contributed by atoms with Gasteiger partial charge in [-0.3, -0.25) is 10.1 Å². The number of carbonyl (C=O) groups is 2. The molecule has 2 amide bonds. The minimum absolute atomic E-state index is 0.145. The van der Waals surface area contributed by atoms with E-state index in [1.54, 1.807) is 24.1 Å². The molecule has 0 atom stereocenters. The first-order valence-corrected chi connectivity index (χ1v) is 9.31. The van der Waals surface area contributed by atoms with Crippen molar-refractivity contribution >= 4 is 29.2 Å². The summed E-state index contributed by atoms with van der Waals surface area (Å²) in [5.41, 5.74) is 3.23. The average molecular weight is 404 g/mol. The molecule has 0 saturated carbocycles. The topological polar surface area (TPSA) is 104 Å². The van der Waals surface area contributed by atoms with Crippen LogP contribution in [-0.4, -0.2) is 34.1 Å². The number of aromatic nitrogens is 1. The average Bonchev–Trinajstić information content (AvgIpc) is 3.17. The fourth-order valence-electron chi connectivity index (χ4n) is 3.42. The molecule has 1 aliphatic heterocycles. The minimum atomic E-state index is -1.23. The fourth-order valence-corrected chi connectivity index (χ4v) is 3.42. The van der Waals surface area contributed by atoms with Crippen molar-refractivity contribution in [3.8, 4) is 5.75 Å². The van der Waals surface area contributed by atoms with Gasteiger partial charge < -0.3 is 20.1 Å². The summed E-state index contributed by atoms with van der Waals surface area (Å²) in [4.78, 5) is 30.4. The number of para-hydroxylation sites is 2. The molecule has 1 aliphatic rings. The van der Waals surface area contributed by atoms with Crippen molar-refractivity contribution in [1.29, 1.82) is 0 Å². The Kier molecular flexibility index (Phi) is 5.21. The van der Waals surface area contributed by atoms with Gasteiger partial charge in [-0.1, -0.05) is 36.4 Å². The highest BCUT2D eigenvalue weighted by Gasteiger charge is 2.25. The van der Waals surface area contributed by atoms with Crippen LogP contribution in [0.15, 0.2) is 60.7 Å². The molecule has 0 bridgehead atoms. The molecule has 8 nitrogen and oxygen atoms in total. The standard InChI is InChI=1S/C22H20N4O4/c1-30-19-9-5-4-8-17(19)24-20-11-16(23-22(28)29)10-18(25-20)21(27)26-12-14-6-2-3-7-15(14)13-26/h2-11H,12-13H2,1H3,(H,28,29)(H2,23,24,25). The Morgan fingerprint density at radius 3 is 2.37 bits per heavy atom. The van der Waals surface area contributed by atoms with Gasteiger partial charge in [0.1, 0.15) is 17.3 Å². The van der Waals surface area contributed by atoms with E-state index in [4.69, 9.17) is 9.84 Å². The predicted molar refractivity (Wildman–Crippen MR) is 112 cm³/mol. The molecule has 0 unspecified atom stereocenters. The third-order valence-corrected chi connectivity index (χ3v) is 4.79. The molecule has 4 rings (SSSR count). The first-order chi connectivity index (χ1) is 14.5. The van der Waals surface area contributed by atoms with E-state index in [1.807, 2.05) is 36.4 Å². The lowest BCUT2D eigenvalue weighted by Crippen LogP contribution is -2.26. The Bertz CT molecular complexity index is 1090. The van der Waals surface area contributed by atoms with E-state index in [1.165, 1.54) is 12.1 Å². The Balaban J connectivity index is 1.65. The number of nitrogens with one attached hydrogen (secondary N) is 2. The molecule has 30 heavy (non-hydrogen) atoms. The molecular formula is C22H20N4O4. The van der Waals surface area contributed by atoms with Crippen LogP contribution < -0.4 is 15.4 Å². The second-order valence-electron chi connectivity index (χ2n) is 6.81. The monoisotopic (exact) mass is 404 g/mol. The van der Waals surface area contributed by atoms with E-state index in [9.17, 15) is 9.59 Å². The number of rotatable bonds is 5. The zero-order valence-corrected chi connectivity index (χ0v) is 16.3. The third-order valence-electron chi connectivity index (χ3n) is 4.79. The Morgan fingerprint density at radius 1 is 1.03 bits per heavy atom. The molecule has 2 aromatic carbocycles. The number of carboxylic acid groups (broad SMARTS) is 1. The van der Waals surface area contributed by atoms with Crippen LogP contribution in [0.2, 0.25) is 0 Å². The fraction of sp³-hybridized carbons (Fsp3) is 0.136. The number of benzene rings is 2. The molecule has 0 fully saturated rings. The summed E-state index contributed by atoms with van der Waals surface area (Å²) in [6.07, 6.45) is -1.23. The molecule has 0 spiro atoms. The van der Waals surface area contributed by atoms with Crippen LogP contribution in [0, 0.1) is 0 Å². The molecule has 2 heterocycles. The molecule has 3 aromatic rings. The third kappa shape index (κ3) is 4.02. The Labute approximate surface area is 173 Å². The van der Waals surface area contributed by atoms with E-state index in [0.717, 1.165) is 11.1 Å². The van der Waals surface area contributed by atoms with Gasteiger partial charge in [0, 0.05) is 19.2 Å². The number of pyridine rings is 1. The van der Waals surface area contributed by atoms with Gasteiger partial charge in [0.25, 0.3) is 5.91 Å². The van der Waals surface area contributed by atoms with Crippen LogP contribution >= 0.6 is 0 Å². The summed E-state index contributed by atoms with van der Waals surface area (Å²) in [7, 11) is 1.55. The van der Waals surface area contributed by atoms with Crippen molar-refractivity contribution in [2.75, 3.05) is 17.7 Å². The number of ether oxygens (including phenoxy) is 1. The second kappa shape index (κ2) is 8.12. The van der Waals surface area contributed by atoms with Gasteiger partial charge in [-0.05, 0) is 29.3 Å².